The normalized spacial score (nSPS) is 10.7. The molecule has 0 saturated heterocycles. The number of thioether (sulfide) groups is 1. The van der Waals surface area contributed by atoms with Gasteiger partial charge in [0.1, 0.15) is 0 Å². The van der Waals surface area contributed by atoms with Gasteiger partial charge in [-0.25, -0.2) is 0 Å². The fourth-order valence-corrected chi connectivity index (χ4v) is 2.18. The fourth-order valence-electron chi connectivity index (χ4n) is 1.53. The zero-order chi connectivity index (χ0) is 12.6. The lowest BCUT2D eigenvalue weighted by Crippen LogP contribution is -1.92. The molecular formula is C16H14OS. The summed E-state index contributed by atoms with van der Waals surface area (Å²) in [7, 11) is 0. The van der Waals surface area contributed by atoms with Crippen molar-refractivity contribution < 1.29 is 4.79 Å². The molecule has 0 saturated carbocycles. The van der Waals surface area contributed by atoms with Gasteiger partial charge in [0, 0.05) is 11.3 Å². The van der Waals surface area contributed by atoms with Crippen molar-refractivity contribution in [3.8, 4) is 0 Å². The Hall–Kier alpha value is -1.80. The minimum atomic E-state index is 0.119. The van der Waals surface area contributed by atoms with Gasteiger partial charge in [-0.1, -0.05) is 84.6 Å². The molecule has 0 unspecified atom stereocenters. The topological polar surface area (TPSA) is 17.1 Å². The van der Waals surface area contributed by atoms with Gasteiger partial charge in [0.25, 0.3) is 0 Å². The molecule has 18 heavy (non-hydrogen) atoms. The van der Waals surface area contributed by atoms with E-state index in [4.69, 9.17) is 0 Å². The SMILES string of the molecule is O=C(SC/C=C\c1ccccc1)c1ccccc1. The molecule has 90 valence electrons. The highest BCUT2D eigenvalue weighted by Crippen LogP contribution is 2.12. The predicted molar refractivity (Wildman–Crippen MR) is 78.7 cm³/mol. The second-order valence-corrected chi connectivity index (χ2v) is 4.77. The zero-order valence-electron chi connectivity index (χ0n) is 9.95. The first-order chi connectivity index (χ1) is 8.86. The first kappa shape index (κ1) is 12.7. The summed E-state index contributed by atoms with van der Waals surface area (Å²) < 4.78 is 0. The minimum absolute atomic E-state index is 0.119. The molecule has 1 nitrogen and oxygen atoms in total. The number of hydrogen-bond acceptors (Lipinski definition) is 2. The van der Waals surface area contributed by atoms with Crippen molar-refractivity contribution in [3.63, 3.8) is 0 Å². The average Bonchev–Trinajstić information content (AvgIpc) is 2.45. The number of carbonyl (C=O) groups is 1. The second-order valence-electron chi connectivity index (χ2n) is 3.78. The van der Waals surface area contributed by atoms with Crippen molar-refractivity contribution in [2.75, 3.05) is 5.75 Å². The van der Waals surface area contributed by atoms with Crippen LogP contribution < -0.4 is 0 Å². The van der Waals surface area contributed by atoms with E-state index in [2.05, 4.69) is 0 Å². The second kappa shape index (κ2) is 6.82. The Balaban J connectivity index is 1.83. The van der Waals surface area contributed by atoms with Gasteiger partial charge >= 0.3 is 0 Å². The molecule has 2 aromatic rings. The Morgan fingerprint density at radius 3 is 2.22 bits per heavy atom. The molecule has 0 bridgehead atoms. The van der Waals surface area contributed by atoms with E-state index in [0.717, 1.165) is 11.1 Å². The molecule has 0 fully saturated rings. The first-order valence-electron chi connectivity index (χ1n) is 5.80. The average molecular weight is 254 g/mol. The highest BCUT2D eigenvalue weighted by Gasteiger charge is 2.03. The van der Waals surface area contributed by atoms with E-state index < -0.39 is 0 Å². The maximum atomic E-state index is 11.8. The summed E-state index contributed by atoms with van der Waals surface area (Å²) in [6.45, 7) is 0. The molecule has 0 spiro atoms. The fraction of sp³-hybridized carbons (Fsp3) is 0.0625. The summed E-state index contributed by atoms with van der Waals surface area (Å²) in [5.74, 6) is 0.697. The summed E-state index contributed by atoms with van der Waals surface area (Å²) in [4.78, 5) is 11.8. The van der Waals surface area contributed by atoms with Crippen LogP contribution in [0.15, 0.2) is 66.7 Å². The van der Waals surface area contributed by atoms with Crippen LogP contribution >= 0.6 is 11.8 Å². The van der Waals surface area contributed by atoms with Crippen LogP contribution in [0.2, 0.25) is 0 Å². The van der Waals surface area contributed by atoms with E-state index in [1.165, 1.54) is 11.8 Å². The van der Waals surface area contributed by atoms with Crippen LogP contribution in [0.5, 0.6) is 0 Å². The van der Waals surface area contributed by atoms with Gasteiger partial charge in [0.05, 0.1) is 0 Å². The van der Waals surface area contributed by atoms with E-state index in [1.54, 1.807) is 0 Å². The lowest BCUT2D eigenvalue weighted by Gasteiger charge is -1.97. The van der Waals surface area contributed by atoms with E-state index in [0.29, 0.717) is 5.75 Å². The maximum absolute atomic E-state index is 11.8. The number of benzene rings is 2. The van der Waals surface area contributed by atoms with Gasteiger partial charge in [-0.05, 0) is 5.56 Å². The first-order valence-corrected chi connectivity index (χ1v) is 6.78. The third-order valence-electron chi connectivity index (χ3n) is 2.43. The highest BCUT2D eigenvalue weighted by atomic mass is 32.2. The molecule has 2 rings (SSSR count). The van der Waals surface area contributed by atoms with Gasteiger partial charge in [-0.3, -0.25) is 4.79 Å². The molecule has 0 radical (unpaired) electrons. The van der Waals surface area contributed by atoms with Crippen LogP contribution in [-0.4, -0.2) is 10.9 Å². The van der Waals surface area contributed by atoms with Crippen LogP contribution in [0.1, 0.15) is 15.9 Å². The monoisotopic (exact) mass is 254 g/mol. The van der Waals surface area contributed by atoms with Crippen molar-refractivity contribution >= 4 is 23.0 Å². The quantitative estimate of drug-likeness (QED) is 0.810. The molecule has 2 heteroatoms. The summed E-state index contributed by atoms with van der Waals surface area (Å²) in [5, 5.41) is 0.119. The van der Waals surface area contributed by atoms with Crippen molar-refractivity contribution in [2.24, 2.45) is 0 Å². The van der Waals surface area contributed by atoms with Crippen LogP contribution in [0, 0.1) is 0 Å². The molecule has 0 amide bonds. The Kier molecular flexibility index (Phi) is 4.79. The summed E-state index contributed by atoms with van der Waals surface area (Å²) >= 11 is 1.32. The van der Waals surface area contributed by atoms with E-state index in [9.17, 15) is 4.79 Å². The minimum Gasteiger partial charge on any atom is -0.282 e. The van der Waals surface area contributed by atoms with Crippen LogP contribution in [0.25, 0.3) is 6.08 Å². The van der Waals surface area contributed by atoms with E-state index in [1.807, 2.05) is 72.8 Å². The Labute approximate surface area is 112 Å². The number of rotatable bonds is 4. The molecule has 0 atom stereocenters. The largest absolute Gasteiger partial charge is 0.282 e. The van der Waals surface area contributed by atoms with Crippen molar-refractivity contribution in [1.82, 2.24) is 0 Å². The van der Waals surface area contributed by atoms with Gasteiger partial charge < -0.3 is 0 Å². The molecule has 0 aromatic heterocycles. The molecule has 0 aliphatic rings. The number of hydrogen-bond donors (Lipinski definition) is 0. The summed E-state index contributed by atoms with van der Waals surface area (Å²) in [5.41, 5.74) is 1.92. The molecular weight excluding hydrogens is 240 g/mol. The summed E-state index contributed by atoms with van der Waals surface area (Å²) in [6.07, 6.45) is 4.05. The van der Waals surface area contributed by atoms with Crippen LogP contribution in [0.4, 0.5) is 0 Å². The maximum Gasteiger partial charge on any atom is 0.219 e. The smallest absolute Gasteiger partial charge is 0.219 e. The van der Waals surface area contributed by atoms with Crippen molar-refractivity contribution in [2.45, 2.75) is 0 Å². The van der Waals surface area contributed by atoms with Crippen LogP contribution in [0.3, 0.4) is 0 Å². The lowest BCUT2D eigenvalue weighted by molar-refractivity contribution is 0.108. The van der Waals surface area contributed by atoms with E-state index in [-0.39, 0.29) is 5.12 Å². The molecule has 0 N–H and O–H groups in total. The van der Waals surface area contributed by atoms with Gasteiger partial charge in [0.2, 0.25) is 5.12 Å². The Bertz CT molecular complexity index is 517. The zero-order valence-corrected chi connectivity index (χ0v) is 10.8. The lowest BCUT2D eigenvalue weighted by atomic mass is 10.2. The van der Waals surface area contributed by atoms with Crippen LogP contribution in [-0.2, 0) is 0 Å². The van der Waals surface area contributed by atoms with Crippen molar-refractivity contribution in [3.05, 3.63) is 77.9 Å². The summed E-state index contributed by atoms with van der Waals surface area (Å²) in [6, 6.07) is 19.4. The predicted octanol–water partition coefficient (Wildman–Crippen LogP) is 4.27. The molecule has 2 aromatic carbocycles. The van der Waals surface area contributed by atoms with Crippen molar-refractivity contribution in [1.29, 1.82) is 0 Å². The molecule has 0 aliphatic carbocycles. The third kappa shape index (κ3) is 3.90. The number of carbonyl (C=O) groups excluding carboxylic acids is 1. The Morgan fingerprint density at radius 2 is 1.56 bits per heavy atom. The standard InChI is InChI=1S/C16H14OS/c17-16(15-11-5-2-6-12-15)18-13-7-10-14-8-3-1-4-9-14/h1-12H,13H2/b10-7-. The molecule has 0 aliphatic heterocycles. The van der Waals surface area contributed by atoms with Gasteiger partial charge in [0.15, 0.2) is 0 Å². The van der Waals surface area contributed by atoms with E-state index >= 15 is 0 Å². The van der Waals surface area contributed by atoms with Gasteiger partial charge in [-0.2, -0.15) is 0 Å². The molecule has 0 heterocycles. The van der Waals surface area contributed by atoms with Gasteiger partial charge in [-0.15, -0.1) is 0 Å². The highest BCUT2D eigenvalue weighted by molar-refractivity contribution is 8.14. The third-order valence-corrected chi connectivity index (χ3v) is 3.29. The Morgan fingerprint density at radius 1 is 0.944 bits per heavy atom.